The Labute approximate surface area is 235 Å². The zero-order chi connectivity index (χ0) is 28.2. The van der Waals surface area contributed by atoms with Crippen LogP contribution in [0, 0.1) is 12.3 Å². The molecule has 2 aromatic carbocycles. The van der Waals surface area contributed by atoms with Crippen LogP contribution in [0.15, 0.2) is 48.8 Å². The second kappa shape index (κ2) is 10.0. The van der Waals surface area contributed by atoms with E-state index in [9.17, 15) is 9.90 Å². The highest BCUT2D eigenvalue weighted by molar-refractivity contribution is 5.81. The number of hydrogen-bond donors (Lipinski definition) is 1. The lowest BCUT2D eigenvalue weighted by atomic mass is 9.69. The Morgan fingerprint density at radius 1 is 1.20 bits per heavy atom. The Kier molecular flexibility index (Phi) is 6.61. The fourth-order valence-electron chi connectivity index (χ4n) is 6.69. The van der Waals surface area contributed by atoms with E-state index in [2.05, 4.69) is 51.4 Å². The zero-order valence-corrected chi connectivity index (χ0v) is 23.9. The first-order chi connectivity index (χ1) is 19.2. The predicted molar refractivity (Wildman–Crippen MR) is 153 cm³/mol. The number of ether oxygens (including phenoxy) is 1. The molecule has 0 fully saturated rings. The van der Waals surface area contributed by atoms with Crippen LogP contribution in [0.5, 0.6) is 5.75 Å². The lowest BCUT2D eigenvalue weighted by Gasteiger charge is -2.34. The standard InChI is InChI=1S/C32H37N5O3/c1-6-23-18-37(17-22-16-33-14-13-28(22)40-23)26-11-9-20-7-8-21(15-25(20)26)29(32(3,4)31(38)39)24-10-12-27-30(19(24)2)34-35-36(27)5/h7-8,10,12-16,23,26,29H,6,9,11,17-18H2,1-5H3,(H,38,39)/t23-,26-,29-/m1/s1. The van der Waals surface area contributed by atoms with Crippen LogP contribution >= 0.6 is 0 Å². The third-order valence-electron chi connectivity index (χ3n) is 9.07. The summed E-state index contributed by atoms with van der Waals surface area (Å²) < 4.78 is 8.12. The van der Waals surface area contributed by atoms with Crippen LogP contribution in [0.25, 0.3) is 11.0 Å². The summed E-state index contributed by atoms with van der Waals surface area (Å²) in [5, 5.41) is 19.0. The molecule has 0 unspecified atom stereocenters. The Morgan fingerprint density at radius 3 is 2.80 bits per heavy atom. The summed E-state index contributed by atoms with van der Waals surface area (Å²) in [6.45, 7) is 9.47. The van der Waals surface area contributed by atoms with Gasteiger partial charge in [0.25, 0.3) is 0 Å². The van der Waals surface area contributed by atoms with Gasteiger partial charge in [-0.25, -0.2) is 4.68 Å². The maximum Gasteiger partial charge on any atom is 0.310 e. The largest absolute Gasteiger partial charge is 0.489 e. The van der Waals surface area contributed by atoms with E-state index in [1.807, 2.05) is 46.1 Å². The number of carboxylic acid groups (broad SMARTS) is 1. The third kappa shape index (κ3) is 4.35. The summed E-state index contributed by atoms with van der Waals surface area (Å²) in [7, 11) is 1.87. The minimum Gasteiger partial charge on any atom is -0.489 e. The number of aryl methyl sites for hydroxylation is 3. The van der Waals surface area contributed by atoms with Gasteiger partial charge in [-0.3, -0.25) is 14.7 Å². The fraction of sp³-hybridized carbons (Fsp3) is 0.438. The van der Waals surface area contributed by atoms with Crippen LogP contribution in [-0.2, 0) is 24.8 Å². The molecule has 6 rings (SSSR count). The zero-order valence-electron chi connectivity index (χ0n) is 23.9. The summed E-state index contributed by atoms with van der Waals surface area (Å²) in [6.07, 6.45) is 6.79. The van der Waals surface area contributed by atoms with Gasteiger partial charge in [0, 0.05) is 50.1 Å². The van der Waals surface area contributed by atoms with E-state index >= 15 is 0 Å². The third-order valence-corrected chi connectivity index (χ3v) is 9.07. The van der Waals surface area contributed by atoms with Gasteiger partial charge in [-0.1, -0.05) is 36.4 Å². The van der Waals surface area contributed by atoms with Crippen molar-refractivity contribution in [2.45, 2.75) is 71.6 Å². The minimum absolute atomic E-state index is 0.107. The fourth-order valence-corrected chi connectivity index (χ4v) is 6.69. The van der Waals surface area contributed by atoms with Crippen molar-refractivity contribution in [3.63, 3.8) is 0 Å². The molecular weight excluding hydrogens is 502 g/mol. The molecule has 0 saturated carbocycles. The topological polar surface area (TPSA) is 93.4 Å². The highest BCUT2D eigenvalue weighted by Gasteiger charge is 2.41. The lowest BCUT2D eigenvalue weighted by molar-refractivity contribution is -0.147. The van der Waals surface area contributed by atoms with Crippen LogP contribution in [0.1, 0.15) is 79.0 Å². The summed E-state index contributed by atoms with van der Waals surface area (Å²) in [4.78, 5) is 19.6. The molecule has 1 N–H and O–H groups in total. The van der Waals surface area contributed by atoms with Crippen LogP contribution < -0.4 is 4.74 Å². The lowest BCUT2D eigenvalue weighted by Crippen LogP contribution is -2.35. The average Bonchev–Trinajstić information content (AvgIpc) is 3.47. The first-order valence-corrected chi connectivity index (χ1v) is 14.2. The summed E-state index contributed by atoms with van der Waals surface area (Å²) in [5.74, 6) is -0.258. The van der Waals surface area contributed by atoms with Gasteiger partial charge in [0.1, 0.15) is 17.4 Å². The number of hydrogen-bond acceptors (Lipinski definition) is 6. The molecule has 2 aromatic heterocycles. The van der Waals surface area contributed by atoms with E-state index in [-0.39, 0.29) is 18.1 Å². The monoisotopic (exact) mass is 539 g/mol. The molecule has 2 aliphatic rings. The highest BCUT2D eigenvalue weighted by Crippen LogP contribution is 2.46. The van der Waals surface area contributed by atoms with Gasteiger partial charge in [0.15, 0.2) is 0 Å². The molecule has 1 aliphatic heterocycles. The molecule has 3 heterocycles. The van der Waals surface area contributed by atoms with E-state index in [1.54, 1.807) is 10.9 Å². The Morgan fingerprint density at radius 2 is 2.02 bits per heavy atom. The summed E-state index contributed by atoms with van der Waals surface area (Å²) in [6, 6.07) is 12.9. The molecule has 0 radical (unpaired) electrons. The number of pyridine rings is 1. The van der Waals surface area contributed by atoms with Gasteiger partial charge in [-0.2, -0.15) is 0 Å². The number of rotatable bonds is 6. The normalized spacial score (nSPS) is 20.0. The molecule has 0 amide bonds. The Hall–Kier alpha value is -3.78. The van der Waals surface area contributed by atoms with E-state index in [1.165, 1.54) is 11.1 Å². The number of fused-ring (bicyclic) bond motifs is 3. The maximum absolute atomic E-state index is 12.7. The number of carboxylic acids is 1. The van der Waals surface area contributed by atoms with Crippen molar-refractivity contribution in [1.29, 1.82) is 0 Å². The minimum atomic E-state index is -1.04. The number of aromatic nitrogens is 4. The van der Waals surface area contributed by atoms with Gasteiger partial charge in [-0.05, 0) is 80.0 Å². The number of benzene rings is 2. The SMILES string of the molecule is CC[C@@H]1CN([C@@H]2CCc3ccc([C@H](c4ccc5c(nnn5C)c4C)C(C)(C)C(=O)O)cc32)Cc2cnccc2O1. The number of carbonyl (C=O) groups is 1. The smallest absolute Gasteiger partial charge is 0.310 e. The molecule has 4 aromatic rings. The molecule has 0 bridgehead atoms. The predicted octanol–water partition coefficient (Wildman–Crippen LogP) is 5.57. The Bertz CT molecular complexity index is 1590. The van der Waals surface area contributed by atoms with Crippen molar-refractivity contribution >= 4 is 17.0 Å². The molecule has 1 aliphatic carbocycles. The summed E-state index contributed by atoms with van der Waals surface area (Å²) >= 11 is 0. The number of nitrogens with zero attached hydrogens (tertiary/aromatic N) is 5. The number of aliphatic carboxylic acids is 1. The first kappa shape index (κ1) is 26.4. The average molecular weight is 540 g/mol. The van der Waals surface area contributed by atoms with E-state index in [0.717, 1.165) is 71.4 Å². The van der Waals surface area contributed by atoms with E-state index in [0.29, 0.717) is 0 Å². The first-order valence-electron chi connectivity index (χ1n) is 14.2. The molecule has 8 nitrogen and oxygen atoms in total. The molecule has 8 heteroatoms. The van der Waals surface area contributed by atoms with Gasteiger partial charge in [0.2, 0.25) is 0 Å². The van der Waals surface area contributed by atoms with Crippen molar-refractivity contribution in [3.05, 3.63) is 82.2 Å². The van der Waals surface area contributed by atoms with E-state index < -0.39 is 11.4 Å². The second-order valence-electron chi connectivity index (χ2n) is 11.9. The van der Waals surface area contributed by atoms with Gasteiger partial charge >= 0.3 is 5.97 Å². The Balaban J connectivity index is 1.44. The van der Waals surface area contributed by atoms with Gasteiger partial charge < -0.3 is 9.84 Å². The molecule has 3 atom stereocenters. The molecule has 40 heavy (non-hydrogen) atoms. The molecule has 0 saturated heterocycles. The van der Waals surface area contributed by atoms with Crippen molar-refractivity contribution in [3.8, 4) is 5.75 Å². The quantitative estimate of drug-likeness (QED) is 0.342. The molecule has 208 valence electrons. The maximum atomic E-state index is 12.7. The van der Waals surface area contributed by atoms with E-state index in [4.69, 9.17) is 4.74 Å². The summed E-state index contributed by atoms with van der Waals surface area (Å²) in [5.41, 5.74) is 7.42. The second-order valence-corrected chi connectivity index (χ2v) is 11.9. The van der Waals surface area contributed by atoms with Gasteiger partial charge in [-0.15, -0.1) is 5.10 Å². The van der Waals surface area contributed by atoms with Crippen molar-refractivity contribution in [2.75, 3.05) is 6.54 Å². The van der Waals surface area contributed by atoms with Gasteiger partial charge in [0.05, 0.1) is 10.9 Å². The van der Waals surface area contributed by atoms with Crippen molar-refractivity contribution < 1.29 is 14.6 Å². The van der Waals surface area contributed by atoms with Crippen LogP contribution in [0.4, 0.5) is 0 Å². The van der Waals surface area contributed by atoms with Crippen LogP contribution in [0.3, 0.4) is 0 Å². The van der Waals surface area contributed by atoms with Crippen LogP contribution in [0.2, 0.25) is 0 Å². The highest BCUT2D eigenvalue weighted by atomic mass is 16.5. The molecular formula is C32H37N5O3. The molecule has 0 spiro atoms. The van der Waals surface area contributed by atoms with Crippen molar-refractivity contribution in [2.24, 2.45) is 12.5 Å². The van der Waals surface area contributed by atoms with Crippen LogP contribution in [-0.4, -0.2) is 48.6 Å². The van der Waals surface area contributed by atoms with Crippen molar-refractivity contribution in [1.82, 2.24) is 24.9 Å².